The Hall–Kier alpha value is -6.59. The molecule has 57 heavy (non-hydrogen) atoms. The number of benzene rings is 2. The number of aromatic nitrogens is 10. The van der Waals surface area contributed by atoms with E-state index in [-0.39, 0.29) is 6.23 Å². The van der Waals surface area contributed by atoms with Gasteiger partial charge in [-0.1, -0.05) is 12.1 Å². The summed E-state index contributed by atoms with van der Waals surface area (Å²) in [4.78, 5) is 21.1. The van der Waals surface area contributed by atoms with E-state index in [2.05, 4.69) is 41.7 Å². The molecule has 1 fully saturated rings. The van der Waals surface area contributed by atoms with Crippen LogP contribution >= 0.6 is 0 Å². The smallest absolute Gasteiger partial charge is 0.407 e. The van der Waals surface area contributed by atoms with Gasteiger partial charge in [0.15, 0.2) is 6.23 Å². The molecule has 17 heteroatoms. The highest BCUT2D eigenvalue weighted by Crippen LogP contribution is 2.33. The van der Waals surface area contributed by atoms with Gasteiger partial charge in [-0.25, -0.2) is 19.4 Å². The van der Waals surface area contributed by atoms with Crippen LogP contribution in [0.2, 0.25) is 0 Å². The number of aromatic amines is 1. The van der Waals surface area contributed by atoms with Crippen molar-refractivity contribution < 1.29 is 14.3 Å². The van der Waals surface area contributed by atoms with Crippen LogP contribution < -0.4 is 22.5 Å². The normalized spacial score (nSPS) is 14.6. The molecular weight excluding hydrogens is 725 g/mol. The molecule has 8 aromatic rings. The summed E-state index contributed by atoms with van der Waals surface area (Å²) >= 11 is 0. The second-order valence-corrected chi connectivity index (χ2v) is 14.9. The number of nitrogens with zero attached hydrogens (tertiary/aromatic N) is 9. The first-order chi connectivity index (χ1) is 27.5. The van der Waals surface area contributed by atoms with E-state index >= 15 is 0 Å². The molecule has 8 N–H and O–H groups in total. The summed E-state index contributed by atoms with van der Waals surface area (Å²) in [6, 6.07) is 16.0. The molecule has 2 aromatic carbocycles. The Kier molecular flexibility index (Phi) is 10.2. The quantitative estimate of drug-likeness (QED) is 0.124. The molecule has 17 nitrogen and oxygen atoms in total. The van der Waals surface area contributed by atoms with Crippen molar-refractivity contribution in [2.75, 3.05) is 31.2 Å². The van der Waals surface area contributed by atoms with Gasteiger partial charge in [-0.3, -0.25) is 14.5 Å². The minimum atomic E-state index is -0.538. The number of ether oxygens (including phenoxy) is 2. The number of carbonyl (C=O) groups excluding carboxylic acids is 1. The Morgan fingerprint density at radius 1 is 0.877 bits per heavy atom. The monoisotopic (exact) mass is 770 g/mol. The minimum absolute atomic E-state index is 0.0463. The number of rotatable bonds is 8. The van der Waals surface area contributed by atoms with E-state index in [1.807, 2.05) is 85.0 Å². The van der Waals surface area contributed by atoms with Gasteiger partial charge in [0, 0.05) is 66.4 Å². The van der Waals surface area contributed by atoms with Crippen LogP contribution in [0.1, 0.15) is 46.3 Å². The molecule has 7 heterocycles. The molecule has 6 aromatic heterocycles. The molecule has 1 aliphatic rings. The SMILES string of the molecule is CC(C)(C)OC(=O)NCCn1cc2c(N)nc3cc(-c4ccnn4C4CCCCO4)ccc3c2n1.NCCn1cc2c(N)nc3cc(-c4ccn[nH]4)ccc3c2n1. The first-order valence-corrected chi connectivity index (χ1v) is 19.0. The van der Waals surface area contributed by atoms with Crippen molar-refractivity contribution in [1.29, 1.82) is 0 Å². The lowest BCUT2D eigenvalue weighted by molar-refractivity contribution is -0.0383. The number of carbonyl (C=O) groups is 1. The van der Waals surface area contributed by atoms with Gasteiger partial charge < -0.3 is 32.0 Å². The maximum Gasteiger partial charge on any atom is 0.407 e. The van der Waals surface area contributed by atoms with Crippen molar-refractivity contribution in [2.24, 2.45) is 5.73 Å². The van der Waals surface area contributed by atoms with Crippen LogP contribution in [-0.2, 0) is 22.6 Å². The standard InChI is InChI=1S/C25H31N7O3.C15H15N7/c1-25(2,3)35-24(33)27-11-12-31-15-18-22(30-31)17-8-7-16(14-19(17)29-23(18)26)20-9-10-28-32(20)21-6-4-5-13-34-21;16-4-6-22-8-11-14(21-22)10-2-1-9(12-3-5-18-20-12)7-13(10)19-15(11)17/h7-10,14-15,21H,4-6,11-13H2,1-3H3,(H2,26,29)(H,27,33);1-3,5,7-8H,4,6,16H2,(H2,17,19)(H,18,20). The molecule has 0 radical (unpaired) electrons. The molecule has 1 amide bonds. The van der Waals surface area contributed by atoms with Crippen molar-refractivity contribution in [3.05, 3.63) is 73.3 Å². The van der Waals surface area contributed by atoms with Crippen molar-refractivity contribution in [3.8, 4) is 22.5 Å². The Morgan fingerprint density at radius 2 is 1.54 bits per heavy atom. The van der Waals surface area contributed by atoms with Gasteiger partial charge in [-0.2, -0.15) is 20.4 Å². The zero-order chi connectivity index (χ0) is 39.7. The average Bonchev–Trinajstić information content (AvgIpc) is 4.02. The second-order valence-electron chi connectivity index (χ2n) is 14.9. The van der Waals surface area contributed by atoms with Gasteiger partial charge in [0.05, 0.1) is 46.3 Å². The maximum atomic E-state index is 11.9. The number of nitrogens with one attached hydrogen (secondary N) is 2. The fourth-order valence-electron chi connectivity index (χ4n) is 7.02. The number of nitrogen functional groups attached to an aromatic ring is 2. The summed E-state index contributed by atoms with van der Waals surface area (Å²) in [5, 5.41) is 27.0. The average molecular weight is 771 g/mol. The van der Waals surface area contributed by atoms with Gasteiger partial charge >= 0.3 is 6.09 Å². The van der Waals surface area contributed by atoms with Gasteiger partial charge in [-0.05, 0) is 76.4 Å². The molecule has 294 valence electrons. The summed E-state index contributed by atoms with van der Waals surface area (Å²) in [7, 11) is 0. The number of anilines is 2. The fraction of sp³-hybridized carbons (Fsp3) is 0.325. The number of hydrogen-bond donors (Lipinski definition) is 5. The third-order valence-corrected chi connectivity index (χ3v) is 9.64. The van der Waals surface area contributed by atoms with Crippen molar-refractivity contribution >= 4 is 61.3 Å². The van der Waals surface area contributed by atoms with Crippen molar-refractivity contribution in [3.63, 3.8) is 0 Å². The Labute approximate surface area is 327 Å². The van der Waals surface area contributed by atoms with Gasteiger partial charge in [0.2, 0.25) is 0 Å². The summed E-state index contributed by atoms with van der Waals surface area (Å²) in [6.07, 6.45) is 9.95. The zero-order valence-corrected chi connectivity index (χ0v) is 32.1. The van der Waals surface area contributed by atoms with Crippen LogP contribution in [0.4, 0.5) is 16.4 Å². The first kappa shape index (κ1) is 37.3. The summed E-state index contributed by atoms with van der Waals surface area (Å²) in [5.74, 6) is 0.896. The lowest BCUT2D eigenvalue weighted by Gasteiger charge is -2.24. The highest BCUT2D eigenvalue weighted by atomic mass is 16.6. The molecule has 9 rings (SSSR count). The maximum absolute atomic E-state index is 11.9. The van der Waals surface area contributed by atoms with Gasteiger partial charge in [-0.15, -0.1) is 0 Å². The van der Waals surface area contributed by atoms with Crippen LogP contribution in [-0.4, -0.2) is 80.9 Å². The van der Waals surface area contributed by atoms with E-state index < -0.39 is 11.7 Å². The van der Waals surface area contributed by atoms with E-state index in [1.54, 1.807) is 17.1 Å². The van der Waals surface area contributed by atoms with Gasteiger partial charge in [0.25, 0.3) is 0 Å². The molecule has 1 unspecified atom stereocenters. The second kappa shape index (κ2) is 15.5. The Morgan fingerprint density at radius 3 is 2.16 bits per heavy atom. The highest BCUT2D eigenvalue weighted by molar-refractivity contribution is 6.09. The number of hydrogen-bond acceptors (Lipinski definition) is 12. The predicted octanol–water partition coefficient (Wildman–Crippen LogP) is 5.77. The summed E-state index contributed by atoms with van der Waals surface area (Å²) < 4.78 is 16.7. The number of H-pyrrole nitrogens is 1. The van der Waals surface area contributed by atoms with E-state index in [4.69, 9.17) is 31.8 Å². The summed E-state index contributed by atoms with van der Waals surface area (Å²) in [6.45, 7) is 8.29. The largest absolute Gasteiger partial charge is 0.444 e. The molecule has 0 saturated carbocycles. The van der Waals surface area contributed by atoms with Crippen LogP contribution in [0.25, 0.3) is 66.1 Å². The van der Waals surface area contributed by atoms with E-state index in [9.17, 15) is 4.79 Å². The first-order valence-electron chi connectivity index (χ1n) is 19.0. The number of nitrogens with two attached hydrogens (primary N) is 3. The molecule has 0 spiro atoms. The third-order valence-electron chi connectivity index (χ3n) is 9.64. The number of amides is 1. The van der Waals surface area contributed by atoms with E-state index in [1.165, 1.54) is 0 Å². The number of alkyl carbamates (subject to hydrolysis) is 1. The fourth-order valence-corrected chi connectivity index (χ4v) is 7.02. The molecule has 0 bridgehead atoms. The van der Waals surface area contributed by atoms with Gasteiger partial charge in [0.1, 0.15) is 28.3 Å². The Balaban J connectivity index is 0.000000177. The number of pyridine rings is 2. The molecular formula is C40H46N14O3. The van der Waals surface area contributed by atoms with E-state index in [0.29, 0.717) is 37.8 Å². The number of fused-ring (bicyclic) bond motifs is 6. The van der Waals surface area contributed by atoms with E-state index in [0.717, 1.165) is 92.0 Å². The minimum Gasteiger partial charge on any atom is -0.444 e. The molecule has 0 aliphatic carbocycles. The summed E-state index contributed by atoms with van der Waals surface area (Å²) in [5.41, 5.74) is 24.6. The molecule has 1 aliphatic heterocycles. The van der Waals surface area contributed by atoms with Crippen LogP contribution in [0.5, 0.6) is 0 Å². The molecule has 1 saturated heterocycles. The predicted molar refractivity (Wildman–Crippen MR) is 220 cm³/mol. The van der Waals surface area contributed by atoms with Crippen molar-refractivity contribution in [1.82, 2.24) is 54.8 Å². The zero-order valence-electron chi connectivity index (χ0n) is 32.1. The lowest BCUT2D eigenvalue weighted by atomic mass is 10.1. The Bertz CT molecular complexity index is 2680. The van der Waals surface area contributed by atoms with Crippen LogP contribution in [0.15, 0.2) is 73.3 Å². The third kappa shape index (κ3) is 7.92. The van der Waals surface area contributed by atoms with Crippen LogP contribution in [0, 0.1) is 0 Å². The topological polar surface area (TPSA) is 234 Å². The van der Waals surface area contributed by atoms with Crippen LogP contribution in [0.3, 0.4) is 0 Å². The molecule has 1 atom stereocenters. The lowest BCUT2D eigenvalue weighted by Crippen LogP contribution is -2.34. The van der Waals surface area contributed by atoms with Crippen molar-refractivity contribution in [2.45, 2.75) is 65.0 Å². The highest BCUT2D eigenvalue weighted by Gasteiger charge is 2.21.